The molecule has 0 unspecified atom stereocenters. The van der Waals surface area contributed by atoms with Gasteiger partial charge in [0.1, 0.15) is 5.15 Å². The van der Waals surface area contributed by atoms with Gasteiger partial charge in [0, 0.05) is 13.1 Å². The number of hydrogen-bond donors (Lipinski definition) is 0. The molecule has 2 heterocycles. The third kappa shape index (κ3) is 3.88. The Morgan fingerprint density at radius 2 is 1.80 bits per heavy atom. The van der Waals surface area contributed by atoms with Gasteiger partial charge < -0.3 is 9.64 Å². The number of halogens is 1. The van der Waals surface area contributed by atoms with Crippen LogP contribution in [0.2, 0.25) is 5.15 Å². The van der Waals surface area contributed by atoms with Crippen LogP contribution in [-0.4, -0.2) is 45.9 Å². The number of benzene rings is 1. The topological polar surface area (TPSA) is 47.4 Å². The van der Waals surface area contributed by atoms with Crippen molar-refractivity contribution in [3.8, 4) is 0 Å². The number of aromatic nitrogens is 2. The molecule has 2 aromatic rings. The Bertz CT molecular complexity index is 760. The van der Waals surface area contributed by atoms with Gasteiger partial charge in [-0.3, -0.25) is 4.79 Å². The smallest absolute Gasteiger partial charge is 0.259 e. The van der Waals surface area contributed by atoms with Crippen molar-refractivity contribution < 1.29 is 9.53 Å². The first-order valence-corrected chi connectivity index (χ1v) is 8.96. The van der Waals surface area contributed by atoms with Crippen LogP contribution in [0.5, 0.6) is 0 Å². The normalized spacial score (nSPS) is 20.8. The monoisotopic (exact) mass is 361 g/mol. The van der Waals surface area contributed by atoms with E-state index >= 15 is 0 Å². The first-order chi connectivity index (χ1) is 11.8. The molecule has 1 aliphatic heterocycles. The van der Waals surface area contributed by atoms with Crippen LogP contribution in [0.1, 0.15) is 41.0 Å². The minimum absolute atomic E-state index is 0.0226. The zero-order valence-electron chi connectivity index (χ0n) is 15.1. The van der Waals surface area contributed by atoms with Crippen LogP contribution in [0, 0.1) is 13.8 Å². The lowest BCUT2D eigenvalue weighted by Crippen LogP contribution is -2.48. The van der Waals surface area contributed by atoms with Crippen LogP contribution < -0.4 is 0 Å². The van der Waals surface area contributed by atoms with Gasteiger partial charge in [0.05, 0.1) is 30.0 Å². The Hall–Kier alpha value is -1.85. The van der Waals surface area contributed by atoms with Crippen molar-refractivity contribution in [3.63, 3.8) is 0 Å². The van der Waals surface area contributed by atoms with Crippen molar-refractivity contribution >= 4 is 17.5 Å². The predicted octanol–water partition coefficient (Wildman–Crippen LogP) is 3.45. The van der Waals surface area contributed by atoms with Gasteiger partial charge in [-0.1, -0.05) is 41.4 Å². The largest absolute Gasteiger partial charge is 0.372 e. The number of carbonyl (C=O) groups is 1. The van der Waals surface area contributed by atoms with Crippen molar-refractivity contribution in [1.29, 1.82) is 0 Å². The number of ether oxygens (including phenoxy) is 1. The first-order valence-electron chi connectivity index (χ1n) is 8.58. The average Bonchev–Trinajstić information content (AvgIpc) is 2.82. The first kappa shape index (κ1) is 18.0. The molecule has 0 radical (unpaired) electrons. The summed E-state index contributed by atoms with van der Waals surface area (Å²) in [7, 11) is 0. The molecular formula is C19H24ClN3O2. The van der Waals surface area contributed by atoms with E-state index in [0.29, 0.717) is 36.0 Å². The fourth-order valence-electron chi connectivity index (χ4n) is 3.27. The Labute approximate surface area is 153 Å². The van der Waals surface area contributed by atoms with Crippen LogP contribution in [-0.2, 0) is 11.3 Å². The van der Waals surface area contributed by atoms with Crippen molar-refractivity contribution in [2.24, 2.45) is 0 Å². The summed E-state index contributed by atoms with van der Waals surface area (Å²) in [6, 6.07) is 8.22. The summed E-state index contributed by atoms with van der Waals surface area (Å²) in [4.78, 5) is 14.8. The lowest BCUT2D eigenvalue weighted by molar-refractivity contribution is -0.0586. The molecule has 0 aliphatic carbocycles. The number of rotatable bonds is 3. The molecule has 6 heteroatoms. The van der Waals surface area contributed by atoms with Crippen molar-refractivity contribution in [1.82, 2.24) is 14.7 Å². The molecule has 0 N–H and O–H groups in total. The molecule has 0 spiro atoms. The third-order valence-corrected chi connectivity index (χ3v) is 4.82. The summed E-state index contributed by atoms with van der Waals surface area (Å²) in [6.07, 6.45) is 0.0452. The van der Waals surface area contributed by atoms with Crippen LogP contribution in [0.3, 0.4) is 0 Å². The second-order valence-corrected chi connectivity index (χ2v) is 7.22. The van der Waals surface area contributed by atoms with Gasteiger partial charge in [-0.05, 0) is 33.3 Å². The van der Waals surface area contributed by atoms with Gasteiger partial charge in [0.15, 0.2) is 0 Å². The van der Waals surface area contributed by atoms with Crippen LogP contribution in [0.4, 0.5) is 0 Å². The lowest BCUT2D eigenvalue weighted by atomic mass is 10.1. The van der Waals surface area contributed by atoms with E-state index in [1.807, 2.05) is 25.7 Å². The highest BCUT2D eigenvalue weighted by Crippen LogP contribution is 2.24. The van der Waals surface area contributed by atoms with E-state index in [-0.39, 0.29) is 18.1 Å². The molecule has 0 saturated carbocycles. The molecule has 0 bridgehead atoms. The van der Waals surface area contributed by atoms with E-state index in [4.69, 9.17) is 16.3 Å². The molecule has 5 nitrogen and oxygen atoms in total. The zero-order valence-corrected chi connectivity index (χ0v) is 15.9. The molecule has 1 fully saturated rings. The van der Waals surface area contributed by atoms with Crippen molar-refractivity contribution in [3.05, 3.63) is 51.8 Å². The second-order valence-electron chi connectivity index (χ2n) is 6.86. The number of amides is 1. The molecule has 134 valence electrons. The molecule has 1 amide bonds. The maximum Gasteiger partial charge on any atom is 0.259 e. The van der Waals surface area contributed by atoms with Gasteiger partial charge in [-0.25, -0.2) is 4.68 Å². The number of aryl methyl sites for hydroxylation is 2. The zero-order chi connectivity index (χ0) is 18.1. The van der Waals surface area contributed by atoms with Crippen molar-refractivity contribution in [2.45, 2.75) is 46.4 Å². The van der Waals surface area contributed by atoms with Gasteiger partial charge >= 0.3 is 0 Å². The predicted molar refractivity (Wildman–Crippen MR) is 98.2 cm³/mol. The summed E-state index contributed by atoms with van der Waals surface area (Å²) in [5.41, 5.74) is 3.46. The molecule has 1 aromatic heterocycles. The highest BCUT2D eigenvalue weighted by Gasteiger charge is 2.30. The van der Waals surface area contributed by atoms with Crippen molar-refractivity contribution in [2.75, 3.05) is 13.1 Å². The highest BCUT2D eigenvalue weighted by atomic mass is 35.5. The Kier molecular flexibility index (Phi) is 5.16. The average molecular weight is 362 g/mol. The quantitative estimate of drug-likeness (QED) is 0.841. The minimum Gasteiger partial charge on any atom is -0.372 e. The number of morpholine rings is 1. The molecule has 2 atom stereocenters. The summed E-state index contributed by atoms with van der Waals surface area (Å²) < 4.78 is 7.41. The summed E-state index contributed by atoms with van der Waals surface area (Å²) in [6.45, 7) is 9.53. The highest BCUT2D eigenvalue weighted by molar-refractivity contribution is 6.33. The lowest BCUT2D eigenvalue weighted by Gasteiger charge is -2.35. The van der Waals surface area contributed by atoms with Gasteiger partial charge in [-0.2, -0.15) is 5.10 Å². The fraction of sp³-hybridized carbons (Fsp3) is 0.474. The maximum absolute atomic E-state index is 13.0. The van der Waals surface area contributed by atoms with E-state index in [0.717, 1.165) is 5.56 Å². The molecule has 1 aliphatic rings. The standard InChI is InChI=1S/C19H24ClN3O2/c1-12-5-7-16(8-6-12)11-23-18(20)17(15(4)21-23)19(24)22-9-13(2)25-14(3)10-22/h5-8,13-14H,9-11H2,1-4H3/t13-,14+. The Morgan fingerprint density at radius 1 is 1.20 bits per heavy atom. The van der Waals surface area contributed by atoms with E-state index in [1.165, 1.54) is 5.56 Å². The van der Waals surface area contributed by atoms with E-state index in [2.05, 4.69) is 36.3 Å². The Balaban J connectivity index is 1.84. The van der Waals surface area contributed by atoms with Crippen LogP contribution >= 0.6 is 11.6 Å². The molecule has 3 rings (SSSR count). The molecular weight excluding hydrogens is 338 g/mol. The summed E-state index contributed by atoms with van der Waals surface area (Å²) in [5.74, 6) is -0.0698. The minimum atomic E-state index is -0.0698. The van der Waals surface area contributed by atoms with Gasteiger partial charge in [-0.15, -0.1) is 0 Å². The van der Waals surface area contributed by atoms with Gasteiger partial charge in [0.25, 0.3) is 5.91 Å². The molecule has 1 saturated heterocycles. The van der Waals surface area contributed by atoms with E-state index in [9.17, 15) is 4.79 Å². The van der Waals surface area contributed by atoms with E-state index in [1.54, 1.807) is 4.68 Å². The summed E-state index contributed by atoms with van der Waals surface area (Å²) >= 11 is 6.52. The molecule has 25 heavy (non-hydrogen) atoms. The number of carbonyl (C=O) groups excluding carboxylic acids is 1. The second kappa shape index (κ2) is 7.18. The SMILES string of the molecule is Cc1ccc(Cn2nc(C)c(C(=O)N3C[C@@H](C)O[C@@H](C)C3)c2Cl)cc1. The van der Waals surface area contributed by atoms with E-state index < -0.39 is 0 Å². The van der Waals surface area contributed by atoms with Crippen LogP contribution in [0.15, 0.2) is 24.3 Å². The molecule has 1 aromatic carbocycles. The summed E-state index contributed by atoms with van der Waals surface area (Å²) in [5, 5.41) is 4.89. The number of hydrogen-bond acceptors (Lipinski definition) is 3. The van der Waals surface area contributed by atoms with Gasteiger partial charge in [0.2, 0.25) is 0 Å². The number of nitrogens with zero attached hydrogens (tertiary/aromatic N) is 3. The Morgan fingerprint density at radius 3 is 2.40 bits per heavy atom. The van der Waals surface area contributed by atoms with Crippen LogP contribution in [0.25, 0.3) is 0 Å². The third-order valence-electron chi connectivity index (χ3n) is 4.44. The maximum atomic E-state index is 13.0. The fourth-order valence-corrected chi connectivity index (χ4v) is 3.58.